The highest BCUT2D eigenvalue weighted by Crippen LogP contribution is 2.26. The van der Waals surface area contributed by atoms with Crippen LogP contribution < -0.4 is 0 Å². The summed E-state index contributed by atoms with van der Waals surface area (Å²) in [5, 5.41) is 2.34. The van der Waals surface area contributed by atoms with Crippen molar-refractivity contribution in [3.8, 4) is 0 Å². The van der Waals surface area contributed by atoms with Crippen LogP contribution in [-0.2, 0) is 14.6 Å². The Hall–Kier alpha value is -1.53. The average Bonchev–Trinajstić information content (AvgIpc) is 2.99. The van der Waals surface area contributed by atoms with Crippen molar-refractivity contribution in [2.24, 2.45) is 0 Å². The molecule has 0 radical (unpaired) electrons. The molecule has 3 rings (SSSR count). The molecule has 2 aromatic carbocycles. The Kier molecular flexibility index (Phi) is 5.92. The van der Waals surface area contributed by atoms with Crippen molar-refractivity contribution in [3.05, 3.63) is 42.5 Å². The standard InChI is InChI=1S/C20H25NO3S2/c1-3-15(2)21(18-10-11-26(23,24)14-18)20(22)13-25-19-9-8-16-6-4-5-7-17(16)12-19/h4-9,12,15,18H,3,10-11,13-14H2,1-2H3/t15-,18-/m0/s1. The summed E-state index contributed by atoms with van der Waals surface area (Å²) < 4.78 is 23.7. The maximum absolute atomic E-state index is 12.9. The van der Waals surface area contributed by atoms with Gasteiger partial charge in [0.05, 0.1) is 17.3 Å². The molecule has 6 heteroatoms. The zero-order chi connectivity index (χ0) is 18.7. The van der Waals surface area contributed by atoms with E-state index in [0.29, 0.717) is 12.2 Å². The summed E-state index contributed by atoms with van der Waals surface area (Å²) in [4.78, 5) is 15.8. The predicted molar refractivity (Wildman–Crippen MR) is 108 cm³/mol. The fourth-order valence-corrected chi connectivity index (χ4v) is 6.00. The van der Waals surface area contributed by atoms with Crippen molar-refractivity contribution in [3.63, 3.8) is 0 Å². The Labute approximate surface area is 159 Å². The monoisotopic (exact) mass is 391 g/mol. The first-order valence-electron chi connectivity index (χ1n) is 9.03. The second-order valence-corrected chi connectivity index (χ2v) is 10.2. The normalized spacial score (nSPS) is 20.2. The third kappa shape index (κ3) is 4.41. The van der Waals surface area contributed by atoms with E-state index in [1.54, 1.807) is 0 Å². The molecule has 1 amide bonds. The van der Waals surface area contributed by atoms with Gasteiger partial charge in [0, 0.05) is 17.0 Å². The Balaban J connectivity index is 1.70. The summed E-state index contributed by atoms with van der Waals surface area (Å²) in [6.45, 7) is 4.04. The molecule has 0 bridgehead atoms. The van der Waals surface area contributed by atoms with Gasteiger partial charge in [-0.05, 0) is 42.7 Å². The molecule has 2 atom stereocenters. The summed E-state index contributed by atoms with van der Waals surface area (Å²) in [7, 11) is -3.01. The third-order valence-electron chi connectivity index (χ3n) is 5.04. The van der Waals surface area contributed by atoms with Gasteiger partial charge >= 0.3 is 0 Å². The third-order valence-corrected chi connectivity index (χ3v) is 7.77. The van der Waals surface area contributed by atoms with Crippen molar-refractivity contribution >= 4 is 38.3 Å². The highest BCUT2D eigenvalue weighted by Gasteiger charge is 2.36. The van der Waals surface area contributed by atoms with Gasteiger partial charge in [0.25, 0.3) is 0 Å². The highest BCUT2D eigenvalue weighted by molar-refractivity contribution is 8.00. The number of sulfone groups is 1. The van der Waals surface area contributed by atoms with E-state index < -0.39 is 9.84 Å². The van der Waals surface area contributed by atoms with Crippen LogP contribution in [0.1, 0.15) is 26.7 Å². The first-order valence-corrected chi connectivity index (χ1v) is 11.8. The Morgan fingerprint density at radius 3 is 2.62 bits per heavy atom. The second-order valence-electron chi connectivity index (χ2n) is 6.91. The van der Waals surface area contributed by atoms with Gasteiger partial charge in [0.2, 0.25) is 5.91 Å². The zero-order valence-electron chi connectivity index (χ0n) is 15.2. The molecule has 1 heterocycles. The van der Waals surface area contributed by atoms with E-state index in [-0.39, 0.29) is 29.5 Å². The number of hydrogen-bond donors (Lipinski definition) is 0. The lowest BCUT2D eigenvalue weighted by atomic mass is 10.1. The molecule has 4 nitrogen and oxygen atoms in total. The van der Waals surface area contributed by atoms with Crippen LogP contribution in [-0.4, -0.2) is 48.6 Å². The molecule has 0 N–H and O–H groups in total. The fourth-order valence-electron chi connectivity index (χ4n) is 3.48. The molecule has 0 unspecified atom stereocenters. The van der Waals surface area contributed by atoms with Gasteiger partial charge in [0.1, 0.15) is 0 Å². The van der Waals surface area contributed by atoms with Crippen molar-refractivity contribution in [2.45, 2.75) is 43.7 Å². The smallest absolute Gasteiger partial charge is 0.233 e. The molecular formula is C20H25NO3S2. The maximum atomic E-state index is 12.9. The Morgan fingerprint density at radius 1 is 1.23 bits per heavy atom. The lowest BCUT2D eigenvalue weighted by molar-refractivity contribution is -0.132. The van der Waals surface area contributed by atoms with E-state index in [1.165, 1.54) is 17.1 Å². The molecule has 1 aliphatic heterocycles. The van der Waals surface area contributed by atoms with Crippen LogP contribution in [0.3, 0.4) is 0 Å². The lowest BCUT2D eigenvalue weighted by Crippen LogP contribution is -2.47. The van der Waals surface area contributed by atoms with Crippen molar-refractivity contribution < 1.29 is 13.2 Å². The summed E-state index contributed by atoms with van der Waals surface area (Å²) in [5.74, 6) is 0.651. The minimum atomic E-state index is -3.01. The Morgan fingerprint density at radius 2 is 1.96 bits per heavy atom. The van der Waals surface area contributed by atoms with Gasteiger partial charge < -0.3 is 4.90 Å². The van der Waals surface area contributed by atoms with Crippen LogP contribution in [0.5, 0.6) is 0 Å². The average molecular weight is 392 g/mol. The summed E-state index contributed by atoms with van der Waals surface area (Å²) >= 11 is 1.52. The molecule has 1 aliphatic rings. The van der Waals surface area contributed by atoms with E-state index in [4.69, 9.17) is 0 Å². The summed E-state index contributed by atoms with van der Waals surface area (Å²) in [6.07, 6.45) is 1.38. The van der Waals surface area contributed by atoms with Crippen molar-refractivity contribution in [1.29, 1.82) is 0 Å². The number of benzene rings is 2. The van der Waals surface area contributed by atoms with E-state index in [9.17, 15) is 13.2 Å². The molecule has 1 fully saturated rings. The molecule has 0 saturated carbocycles. The van der Waals surface area contributed by atoms with Crippen LogP contribution >= 0.6 is 11.8 Å². The quantitative estimate of drug-likeness (QED) is 0.704. The number of rotatable bonds is 6. The molecule has 0 aromatic heterocycles. The minimum Gasteiger partial charge on any atom is -0.335 e. The van der Waals surface area contributed by atoms with Gasteiger partial charge in [-0.1, -0.05) is 37.3 Å². The Bertz CT molecular complexity index is 895. The summed E-state index contributed by atoms with van der Waals surface area (Å²) in [5.41, 5.74) is 0. The molecular weight excluding hydrogens is 366 g/mol. The fraction of sp³-hybridized carbons (Fsp3) is 0.450. The van der Waals surface area contributed by atoms with Crippen molar-refractivity contribution in [2.75, 3.05) is 17.3 Å². The van der Waals surface area contributed by atoms with E-state index >= 15 is 0 Å². The molecule has 1 saturated heterocycles. The van der Waals surface area contributed by atoms with Gasteiger partial charge in [0.15, 0.2) is 9.84 Å². The zero-order valence-corrected chi connectivity index (χ0v) is 16.9. The van der Waals surface area contributed by atoms with E-state index in [1.807, 2.05) is 36.9 Å². The number of fused-ring (bicyclic) bond motifs is 1. The molecule has 0 aliphatic carbocycles. The van der Waals surface area contributed by atoms with Gasteiger partial charge in [-0.2, -0.15) is 0 Å². The number of nitrogens with zero attached hydrogens (tertiary/aromatic N) is 1. The van der Waals surface area contributed by atoms with Gasteiger partial charge in [-0.3, -0.25) is 4.79 Å². The molecule has 2 aromatic rings. The molecule has 26 heavy (non-hydrogen) atoms. The second kappa shape index (κ2) is 8.01. The molecule has 0 spiro atoms. The largest absolute Gasteiger partial charge is 0.335 e. The van der Waals surface area contributed by atoms with Gasteiger partial charge in [-0.15, -0.1) is 11.8 Å². The van der Waals surface area contributed by atoms with Crippen LogP contribution in [0.25, 0.3) is 10.8 Å². The first kappa shape index (κ1) is 19.2. The highest BCUT2D eigenvalue weighted by atomic mass is 32.2. The van der Waals surface area contributed by atoms with Crippen LogP contribution in [0.15, 0.2) is 47.4 Å². The van der Waals surface area contributed by atoms with Crippen LogP contribution in [0, 0.1) is 0 Å². The predicted octanol–water partition coefficient (Wildman–Crippen LogP) is 3.75. The van der Waals surface area contributed by atoms with E-state index in [2.05, 4.69) is 24.3 Å². The SMILES string of the molecule is CC[C@H](C)N(C(=O)CSc1ccc2ccccc2c1)[C@H]1CCS(=O)(=O)C1. The minimum absolute atomic E-state index is 0.0274. The maximum Gasteiger partial charge on any atom is 0.233 e. The van der Waals surface area contributed by atoms with E-state index in [0.717, 1.165) is 16.7 Å². The number of carbonyl (C=O) groups excluding carboxylic acids is 1. The topological polar surface area (TPSA) is 54.5 Å². The van der Waals surface area contributed by atoms with Crippen LogP contribution in [0.2, 0.25) is 0 Å². The number of thioether (sulfide) groups is 1. The summed E-state index contributed by atoms with van der Waals surface area (Å²) in [6, 6.07) is 14.2. The number of amides is 1. The number of carbonyl (C=O) groups is 1. The lowest BCUT2D eigenvalue weighted by Gasteiger charge is -2.33. The van der Waals surface area contributed by atoms with Gasteiger partial charge in [-0.25, -0.2) is 8.42 Å². The van der Waals surface area contributed by atoms with Crippen molar-refractivity contribution in [1.82, 2.24) is 4.90 Å². The van der Waals surface area contributed by atoms with Crippen LogP contribution in [0.4, 0.5) is 0 Å². The first-order chi connectivity index (χ1) is 12.4. The molecule has 140 valence electrons. The number of hydrogen-bond acceptors (Lipinski definition) is 4.